The molecule has 1 aliphatic rings. The number of aromatic nitrogens is 4. The molecule has 4 rings (SSSR count). The fourth-order valence-electron chi connectivity index (χ4n) is 4.38. The first-order chi connectivity index (χ1) is 17.0. The SMILES string of the molecule is CCOc1ccc(N(C(=O)Cn2nnc(-c3ccc(C)o3)n2)[C@@H](CC)C(=O)NC2CCCC2)cc1. The molecule has 35 heavy (non-hydrogen) atoms. The van der Waals surface area contributed by atoms with Gasteiger partial charge in [0.05, 0.1) is 6.61 Å². The van der Waals surface area contributed by atoms with E-state index in [2.05, 4.69) is 20.7 Å². The van der Waals surface area contributed by atoms with Crippen molar-refractivity contribution in [2.45, 2.75) is 71.5 Å². The van der Waals surface area contributed by atoms with Crippen LogP contribution in [-0.2, 0) is 16.1 Å². The van der Waals surface area contributed by atoms with Crippen LogP contribution < -0.4 is 15.0 Å². The van der Waals surface area contributed by atoms with Gasteiger partial charge in [0.1, 0.15) is 24.1 Å². The summed E-state index contributed by atoms with van der Waals surface area (Å²) in [6.07, 6.45) is 4.62. The Kier molecular flexibility index (Phi) is 7.79. The molecule has 2 heterocycles. The van der Waals surface area contributed by atoms with Gasteiger partial charge in [0.2, 0.25) is 11.7 Å². The molecule has 0 aliphatic heterocycles. The van der Waals surface area contributed by atoms with E-state index in [1.54, 1.807) is 30.3 Å². The maximum absolute atomic E-state index is 13.6. The zero-order valence-electron chi connectivity index (χ0n) is 20.4. The zero-order chi connectivity index (χ0) is 24.8. The van der Waals surface area contributed by atoms with Gasteiger partial charge in [-0.05, 0) is 74.7 Å². The number of nitrogens with one attached hydrogen (secondary N) is 1. The van der Waals surface area contributed by atoms with Crippen LogP contribution in [0.3, 0.4) is 0 Å². The number of anilines is 1. The van der Waals surface area contributed by atoms with Crippen LogP contribution in [0.2, 0.25) is 0 Å². The molecule has 10 nitrogen and oxygen atoms in total. The van der Waals surface area contributed by atoms with Crippen molar-refractivity contribution in [3.63, 3.8) is 0 Å². The zero-order valence-corrected chi connectivity index (χ0v) is 20.4. The molecular weight excluding hydrogens is 448 g/mol. The number of furan rings is 1. The third-order valence-corrected chi connectivity index (χ3v) is 6.09. The maximum Gasteiger partial charge on any atom is 0.251 e. The van der Waals surface area contributed by atoms with E-state index in [9.17, 15) is 9.59 Å². The number of carbonyl (C=O) groups is 2. The van der Waals surface area contributed by atoms with E-state index in [0.717, 1.165) is 31.4 Å². The third-order valence-electron chi connectivity index (χ3n) is 6.09. The van der Waals surface area contributed by atoms with Crippen molar-refractivity contribution in [2.75, 3.05) is 11.5 Å². The lowest BCUT2D eigenvalue weighted by atomic mass is 10.1. The summed E-state index contributed by atoms with van der Waals surface area (Å²) in [6, 6.07) is 10.2. The van der Waals surface area contributed by atoms with E-state index in [1.807, 2.05) is 26.8 Å². The Morgan fingerprint density at radius 3 is 2.54 bits per heavy atom. The smallest absolute Gasteiger partial charge is 0.251 e. The molecule has 1 N–H and O–H groups in total. The number of hydrogen-bond donors (Lipinski definition) is 1. The van der Waals surface area contributed by atoms with Crippen LogP contribution in [0.25, 0.3) is 11.6 Å². The fraction of sp³-hybridized carbons (Fsp3) is 0.480. The summed E-state index contributed by atoms with van der Waals surface area (Å²) >= 11 is 0. The van der Waals surface area contributed by atoms with Crippen molar-refractivity contribution in [3.8, 4) is 17.3 Å². The lowest BCUT2D eigenvalue weighted by Crippen LogP contribution is -2.52. The number of tetrazole rings is 1. The molecule has 1 saturated carbocycles. The Labute approximate surface area is 204 Å². The lowest BCUT2D eigenvalue weighted by molar-refractivity contribution is -0.127. The van der Waals surface area contributed by atoms with Gasteiger partial charge in [-0.15, -0.1) is 10.2 Å². The van der Waals surface area contributed by atoms with Crippen LogP contribution in [0.1, 0.15) is 51.7 Å². The minimum atomic E-state index is -0.670. The molecule has 0 bridgehead atoms. The maximum atomic E-state index is 13.6. The standard InChI is InChI=1S/C25H32N6O4/c1-4-21(25(33)26-18-8-6-7-9-18)31(19-11-13-20(14-12-19)34-5-2)23(32)16-30-28-24(27-29-30)22-15-10-17(3)35-22/h10-15,18,21H,4-9,16H2,1-3H3,(H,26,33)/t21-/m0/s1. The van der Waals surface area contributed by atoms with Gasteiger partial charge in [-0.25, -0.2) is 0 Å². The minimum absolute atomic E-state index is 0.153. The van der Waals surface area contributed by atoms with Gasteiger partial charge in [0.15, 0.2) is 5.76 Å². The number of ether oxygens (including phenoxy) is 1. The Bertz CT molecular complexity index is 1130. The number of benzene rings is 1. The fourth-order valence-corrected chi connectivity index (χ4v) is 4.38. The monoisotopic (exact) mass is 480 g/mol. The van der Waals surface area contributed by atoms with Crippen LogP contribution in [0.4, 0.5) is 5.69 Å². The average Bonchev–Trinajstić information content (AvgIpc) is 3.61. The lowest BCUT2D eigenvalue weighted by Gasteiger charge is -2.31. The second-order valence-corrected chi connectivity index (χ2v) is 8.66. The number of nitrogens with zero attached hydrogens (tertiary/aromatic N) is 5. The predicted molar refractivity (Wildman–Crippen MR) is 130 cm³/mol. The summed E-state index contributed by atoms with van der Waals surface area (Å²) in [5.41, 5.74) is 0.605. The van der Waals surface area contributed by atoms with Crippen molar-refractivity contribution < 1.29 is 18.7 Å². The first-order valence-electron chi connectivity index (χ1n) is 12.2. The molecule has 1 atom stereocenters. The van der Waals surface area contributed by atoms with Crippen LogP contribution in [0.15, 0.2) is 40.8 Å². The van der Waals surface area contributed by atoms with Crippen LogP contribution in [-0.4, -0.2) is 50.7 Å². The highest BCUT2D eigenvalue weighted by molar-refractivity contribution is 6.00. The molecule has 3 aromatic rings. The summed E-state index contributed by atoms with van der Waals surface area (Å²) in [5, 5.41) is 15.5. The van der Waals surface area contributed by atoms with Crippen LogP contribution in [0.5, 0.6) is 5.75 Å². The molecule has 1 aromatic carbocycles. The summed E-state index contributed by atoms with van der Waals surface area (Å²) in [5.74, 6) is 1.73. The van der Waals surface area contributed by atoms with Crippen molar-refractivity contribution in [3.05, 3.63) is 42.2 Å². The van der Waals surface area contributed by atoms with Crippen LogP contribution in [0, 0.1) is 6.92 Å². The van der Waals surface area contributed by atoms with Gasteiger partial charge >= 0.3 is 0 Å². The second kappa shape index (κ2) is 11.2. The summed E-state index contributed by atoms with van der Waals surface area (Å²) in [6.45, 7) is 6.01. The minimum Gasteiger partial charge on any atom is -0.494 e. The van der Waals surface area contributed by atoms with Gasteiger partial charge in [-0.1, -0.05) is 19.8 Å². The Hall–Kier alpha value is -3.69. The first-order valence-corrected chi connectivity index (χ1v) is 12.2. The third kappa shape index (κ3) is 5.87. The largest absolute Gasteiger partial charge is 0.494 e. The Balaban J connectivity index is 1.57. The topological polar surface area (TPSA) is 115 Å². The van der Waals surface area contributed by atoms with Crippen molar-refractivity contribution in [2.24, 2.45) is 0 Å². The second-order valence-electron chi connectivity index (χ2n) is 8.66. The normalized spacial score (nSPS) is 14.6. The molecule has 186 valence electrons. The quantitative estimate of drug-likeness (QED) is 0.472. The van der Waals surface area contributed by atoms with E-state index in [4.69, 9.17) is 9.15 Å². The van der Waals surface area contributed by atoms with Gasteiger partial charge in [-0.3, -0.25) is 14.5 Å². The van der Waals surface area contributed by atoms with E-state index in [0.29, 0.717) is 36.0 Å². The van der Waals surface area contributed by atoms with E-state index < -0.39 is 6.04 Å². The molecule has 0 saturated heterocycles. The van der Waals surface area contributed by atoms with E-state index in [1.165, 1.54) is 9.70 Å². The summed E-state index contributed by atoms with van der Waals surface area (Å²) < 4.78 is 11.1. The van der Waals surface area contributed by atoms with Gasteiger partial charge < -0.3 is 14.5 Å². The number of amides is 2. The number of carbonyl (C=O) groups excluding carboxylic acids is 2. The van der Waals surface area contributed by atoms with Crippen LogP contribution >= 0.6 is 0 Å². The molecule has 1 aliphatic carbocycles. The summed E-state index contributed by atoms with van der Waals surface area (Å²) in [7, 11) is 0. The van der Waals surface area contributed by atoms with Crippen molar-refractivity contribution >= 4 is 17.5 Å². The highest BCUT2D eigenvalue weighted by Crippen LogP contribution is 2.25. The number of rotatable bonds is 10. The summed E-state index contributed by atoms with van der Waals surface area (Å²) in [4.78, 5) is 29.6. The predicted octanol–water partition coefficient (Wildman–Crippen LogP) is 3.51. The van der Waals surface area contributed by atoms with Gasteiger partial charge in [0, 0.05) is 11.7 Å². The van der Waals surface area contributed by atoms with Gasteiger partial charge in [-0.2, -0.15) is 4.80 Å². The molecule has 2 aromatic heterocycles. The van der Waals surface area contributed by atoms with E-state index >= 15 is 0 Å². The molecule has 10 heteroatoms. The van der Waals surface area contributed by atoms with Crippen molar-refractivity contribution in [1.82, 2.24) is 25.5 Å². The Morgan fingerprint density at radius 2 is 1.91 bits per heavy atom. The highest BCUT2D eigenvalue weighted by Gasteiger charge is 2.32. The van der Waals surface area contributed by atoms with E-state index in [-0.39, 0.29) is 24.4 Å². The number of aryl methyl sites for hydroxylation is 1. The molecule has 1 fully saturated rings. The van der Waals surface area contributed by atoms with Gasteiger partial charge in [0.25, 0.3) is 5.91 Å². The molecule has 0 spiro atoms. The van der Waals surface area contributed by atoms with Crippen molar-refractivity contribution in [1.29, 1.82) is 0 Å². The molecule has 2 amide bonds. The first kappa shape index (κ1) is 24.4. The molecule has 0 unspecified atom stereocenters. The average molecular weight is 481 g/mol. The Morgan fingerprint density at radius 1 is 1.17 bits per heavy atom. The molecule has 0 radical (unpaired) electrons. The molecular formula is C25H32N6O4. The highest BCUT2D eigenvalue weighted by atomic mass is 16.5. The number of hydrogen-bond acceptors (Lipinski definition) is 7.